The molecule has 21 heavy (non-hydrogen) atoms. The smallest absolute Gasteiger partial charge is 0.419 e. The van der Waals surface area contributed by atoms with Crippen LogP contribution in [0.15, 0.2) is 48.5 Å². The highest BCUT2D eigenvalue weighted by atomic mass is 16.5. The molecular weight excluding hydrogens is 264 g/mol. The molecule has 0 aliphatic rings. The molecule has 0 atom stereocenters. The minimum absolute atomic E-state index is 0.430. The summed E-state index contributed by atoms with van der Waals surface area (Å²) in [6.07, 6.45) is 0.507. The van der Waals surface area contributed by atoms with Crippen LogP contribution < -0.4 is 0 Å². The number of methoxy groups -OCH3 is 1. The number of hydrogen-bond donors (Lipinski definition) is 0. The van der Waals surface area contributed by atoms with Gasteiger partial charge in [-0.05, 0) is 30.2 Å². The van der Waals surface area contributed by atoms with Crippen molar-refractivity contribution in [1.82, 2.24) is 9.55 Å². The summed E-state index contributed by atoms with van der Waals surface area (Å²) in [5.41, 5.74) is 3.65. The van der Waals surface area contributed by atoms with Crippen LogP contribution in [0.2, 0.25) is 0 Å². The van der Waals surface area contributed by atoms with Gasteiger partial charge < -0.3 is 4.74 Å². The van der Waals surface area contributed by atoms with Gasteiger partial charge in [0.15, 0.2) is 5.82 Å². The number of carbonyl (C=O) groups is 1. The Morgan fingerprint density at radius 2 is 2.00 bits per heavy atom. The molecule has 4 nitrogen and oxygen atoms in total. The predicted octanol–water partition coefficient (Wildman–Crippen LogP) is 3.88. The highest BCUT2D eigenvalue weighted by Gasteiger charge is 2.18. The van der Waals surface area contributed by atoms with Crippen molar-refractivity contribution in [3.8, 4) is 11.4 Å². The molecule has 106 valence electrons. The summed E-state index contributed by atoms with van der Waals surface area (Å²) in [4.78, 5) is 16.7. The molecule has 0 bridgehead atoms. The normalized spacial score (nSPS) is 10.8. The largest absolute Gasteiger partial charge is 0.452 e. The quantitative estimate of drug-likeness (QED) is 0.715. The third-order valence-corrected chi connectivity index (χ3v) is 3.51. The molecule has 0 amide bonds. The molecule has 1 aromatic heterocycles. The first-order valence-electron chi connectivity index (χ1n) is 6.89. The lowest BCUT2D eigenvalue weighted by molar-refractivity contribution is 0.174. The van der Waals surface area contributed by atoms with E-state index in [-0.39, 0.29) is 0 Å². The Bertz CT molecular complexity index is 805. The number of imidazole rings is 1. The Labute approximate surface area is 123 Å². The second-order valence-corrected chi connectivity index (χ2v) is 4.78. The van der Waals surface area contributed by atoms with Crippen LogP contribution in [0.25, 0.3) is 22.4 Å². The fourth-order valence-corrected chi connectivity index (χ4v) is 2.43. The van der Waals surface area contributed by atoms with Crippen LogP contribution in [0.3, 0.4) is 0 Å². The number of aryl methyl sites for hydroxylation is 1. The molecule has 0 saturated carbocycles. The molecule has 0 spiro atoms. The molecule has 3 aromatic rings. The number of nitrogens with zero attached hydrogens (tertiary/aromatic N) is 2. The van der Waals surface area contributed by atoms with E-state index in [1.54, 1.807) is 0 Å². The van der Waals surface area contributed by atoms with Crippen LogP contribution in [0.1, 0.15) is 12.5 Å². The summed E-state index contributed by atoms with van der Waals surface area (Å²) in [6, 6.07) is 15.6. The van der Waals surface area contributed by atoms with E-state index >= 15 is 0 Å². The van der Waals surface area contributed by atoms with Crippen LogP contribution in [0.4, 0.5) is 4.79 Å². The van der Waals surface area contributed by atoms with E-state index in [0.717, 1.165) is 23.0 Å². The standard InChI is InChI=1S/C17H16N2O2/c1-3-12-7-6-8-13(11-12)16-18-14-9-4-5-10-15(14)19(16)17(20)21-2/h4-11H,3H2,1-2H3. The van der Waals surface area contributed by atoms with Crippen molar-refractivity contribution in [3.63, 3.8) is 0 Å². The van der Waals surface area contributed by atoms with Crippen molar-refractivity contribution in [2.24, 2.45) is 0 Å². The number of hydrogen-bond acceptors (Lipinski definition) is 3. The van der Waals surface area contributed by atoms with Gasteiger partial charge in [-0.3, -0.25) is 0 Å². The van der Waals surface area contributed by atoms with Crippen molar-refractivity contribution >= 4 is 17.1 Å². The average molecular weight is 280 g/mol. The molecule has 0 fully saturated rings. The zero-order valence-corrected chi connectivity index (χ0v) is 12.0. The van der Waals surface area contributed by atoms with E-state index in [2.05, 4.69) is 24.0 Å². The minimum atomic E-state index is -0.430. The lowest BCUT2D eigenvalue weighted by Crippen LogP contribution is -2.12. The predicted molar refractivity (Wildman–Crippen MR) is 82.4 cm³/mol. The SMILES string of the molecule is CCc1cccc(-c2nc3ccccc3n2C(=O)OC)c1. The van der Waals surface area contributed by atoms with Crippen molar-refractivity contribution in [2.45, 2.75) is 13.3 Å². The Hall–Kier alpha value is -2.62. The maximum Gasteiger partial charge on any atom is 0.419 e. The van der Waals surface area contributed by atoms with Crippen LogP contribution >= 0.6 is 0 Å². The van der Waals surface area contributed by atoms with Gasteiger partial charge in [-0.25, -0.2) is 14.3 Å². The molecule has 0 aliphatic heterocycles. The van der Waals surface area contributed by atoms with Crippen molar-refractivity contribution in [3.05, 3.63) is 54.1 Å². The van der Waals surface area contributed by atoms with Gasteiger partial charge in [0.05, 0.1) is 18.1 Å². The highest BCUT2D eigenvalue weighted by molar-refractivity contribution is 5.91. The summed E-state index contributed by atoms with van der Waals surface area (Å²) >= 11 is 0. The van der Waals surface area contributed by atoms with E-state index in [1.807, 2.05) is 36.4 Å². The Morgan fingerprint density at radius 1 is 1.19 bits per heavy atom. The lowest BCUT2D eigenvalue weighted by Gasteiger charge is -2.07. The van der Waals surface area contributed by atoms with E-state index in [1.165, 1.54) is 17.2 Å². The van der Waals surface area contributed by atoms with E-state index in [4.69, 9.17) is 4.74 Å². The molecule has 0 saturated heterocycles. The van der Waals surface area contributed by atoms with Crippen molar-refractivity contribution in [2.75, 3.05) is 7.11 Å². The van der Waals surface area contributed by atoms with Gasteiger partial charge in [0.1, 0.15) is 0 Å². The summed E-state index contributed by atoms with van der Waals surface area (Å²) in [7, 11) is 1.38. The number of aromatic nitrogens is 2. The molecule has 3 rings (SSSR count). The fraction of sp³-hybridized carbons (Fsp3) is 0.176. The molecular formula is C17H16N2O2. The minimum Gasteiger partial charge on any atom is -0.452 e. The summed E-state index contributed by atoms with van der Waals surface area (Å²) < 4.78 is 6.42. The number of fused-ring (bicyclic) bond motifs is 1. The molecule has 0 radical (unpaired) electrons. The van der Waals surface area contributed by atoms with Gasteiger partial charge >= 0.3 is 6.09 Å². The average Bonchev–Trinajstić information content (AvgIpc) is 2.93. The maximum atomic E-state index is 12.1. The third-order valence-electron chi connectivity index (χ3n) is 3.51. The first-order chi connectivity index (χ1) is 10.2. The number of rotatable bonds is 2. The fourth-order valence-electron chi connectivity index (χ4n) is 2.43. The van der Waals surface area contributed by atoms with Gasteiger partial charge in [0, 0.05) is 5.56 Å². The zero-order chi connectivity index (χ0) is 14.8. The first kappa shape index (κ1) is 13.4. The highest BCUT2D eigenvalue weighted by Crippen LogP contribution is 2.25. The van der Waals surface area contributed by atoms with Crippen LogP contribution in [0.5, 0.6) is 0 Å². The summed E-state index contributed by atoms with van der Waals surface area (Å²) in [6.45, 7) is 2.10. The zero-order valence-electron chi connectivity index (χ0n) is 12.0. The topological polar surface area (TPSA) is 44.1 Å². The molecule has 0 unspecified atom stereocenters. The van der Waals surface area contributed by atoms with Crippen LogP contribution in [0, 0.1) is 0 Å². The van der Waals surface area contributed by atoms with Crippen LogP contribution in [-0.4, -0.2) is 22.8 Å². The Morgan fingerprint density at radius 3 is 2.76 bits per heavy atom. The maximum absolute atomic E-state index is 12.1. The Kier molecular flexibility index (Phi) is 3.44. The van der Waals surface area contributed by atoms with Crippen LogP contribution in [-0.2, 0) is 11.2 Å². The first-order valence-corrected chi connectivity index (χ1v) is 6.89. The number of ether oxygens (including phenoxy) is 1. The molecule has 2 aromatic carbocycles. The van der Waals surface area contributed by atoms with Gasteiger partial charge in [-0.15, -0.1) is 0 Å². The molecule has 4 heteroatoms. The number of benzene rings is 2. The molecule has 0 aliphatic carbocycles. The van der Waals surface area contributed by atoms with Gasteiger partial charge in [0.2, 0.25) is 0 Å². The number of para-hydroxylation sites is 2. The monoisotopic (exact) mass is 280 g/mol. The second kappa shape index (κ2) is 5.40. The molecule has 1 heterocycles. The van der Waals surface area contributed by atoms with E-state index in [9.17, 15) is 4.79 Å². The van der Waals surface area contributed by atoms with Gasteiger partial charge in [0.25, 0.3) is 0 Å². The van der Waals surface area contributed by atoms with E-state index < -0.39 is 6.09 Å². The number of carbonyl (C=O) groups excluding carboxylic acids is 1. The van der Waals surface area contributed by atoms with Gasteiger partial charge in [-0.1, -0.05) is 37.3 Å². The summed E-state index contributed by atoms with van der Waals surface area (Å²) in [5, 5.41) is 0. The second-order valence-electron chi connectivity index (χ2n) is 4.78. The Balaban J connectivity index is 2.28. The lowest BCUT2D eigenvalue weighted by atomic mass is 10.1. The van der Waals surface area contributed by atoms with Gasteiger partial charge in [-0.2, -0.15) is 0 Å². The van der Waals surface area contributed by atoms with Crippen molar-refractivity contribution < 1.29 is 9.53 Å². The third kappa shape index (κ3) is 2.29. The van der Waals surface area contributed by atoms with Crippen molar-refractivity contribution in [1.29, 1.82) is 0 Å². The summed E-state index contributed by atoms with van der Waals surface area (Å²) in [5.74, 6) is 0.610. The van der Waals surface area contributed by atoms with E-state index in [0.29, 0.717) is 5.82 Å². The molecule has 0 N–H and O–H groups in total.